The summed E-state index contributed by atoms with van der Waals surface area (Å²) in [6, 6.07) is 7.21. The first-order valence-corrected chi connectivity index (χ1v) is 12.4. The first kappa shape index (κ1) is 23.9. The third-order valence-electron chi connectivity index (χ3n) is 5.58. The molecule has 1 aliphatic heterocycles. The number of thiophene rings is 1. The van der Waals surface area contributed by atoms with Gasteiger partial charge in [-0.05, 0) is 70.3 Å². The summed E-state index contributed by atoms with van der Waals surface area (Å²) in [5.74, 6) is -0.992. The highest BCUT2D eigenvalue weighted by Gasteiger charge is 2.36. The molecule has 1 aromatic carbocycles. The molecule has 1 N–H and O–H groups in total. The van der Waals surface area contributed by atoms with Crippen LogP contribution in [-0.4, -0.2) is 45.9 Å². The van der Waals surface area contributed by atoms with Gasteiger partial charge in [-0.2, -0.15) is 4.72 Å². The monoisotopic (exact) mass is 485 g/mol. The molecule has 6 nitrogen and oxygen atoms in total. The zero-order valence-corrected chi connectivity index (χ0v) is 20.1. The van der Waals surface area contributed by atoms with E-state index in [9.17, 15) is 17.6 Å². The second kappa shape index (κ2) is 8.99. The maximum atomic E-state index is 14.9. The average Bonchev–Trinajstić information content (AvgIpc) is 3.26. The van der Waals surface area contributed by atoms with Gasteiger partial charge in [-0.3, -0.25) is 4.79 Å². The number of carbonyl (C=O) groups excluding carboxylic acids is 1. The fourth-order valence-corrected chi connectivity index (χ4v) is 5.27. The summed E-state index contributed by atoms with van der Waals surface area (Å²) in [6.07, 6.45) is 1.67. The van der Waals surface area contributed by atoms with Crippen LogP contribution in [0.5, 0.6) is 0 Å². The van der Waals surface area contributed by atoms with Crippen molar-refractivity contribution in [2.75, 3.05) is 25.5 Å². The predicted octanol–water partition coefficient (Wildman–Crippen LogP) is 4.03. The molecule has 1 unspecified atom stereocenters. The van der Waals surface area contributed by atoms with Crippen molar-refractivity contribution in [2.45, 2.75) is 31.8 Å². The summed E-state index contributed by atoms with van der Waals surface area (Å²) in [5, 5.41) is 1.00. The predicted molar refractivity (Wildman–Crippen MR) is 124 cm³/mol. The Morgan fingerprint density at radius 3 is 2.58 bits per heavy atom. The number of benzene rings is 1. The van der Waals surface area contributed by atoms with Gasteiger partial charge in [0.05, 0.1) is 10.0 Å². The van der Waals surface area contributed by atoms with Gasteiger partial charge in [0.15, 0.2) is 0 Å². The molecular formula is C21H25ClFN3O3S2. The van der Waals surface area contributed by atoms with E-state index < -0.39 is 27.8 Å². The Morgan fingerprint density at radius 1 is 1.29 bits per heavy atom. The summed E-state index contributed by atoms with van der Waals surface area (Å²) < 4.78 is 42.5. The topological polar surface area (TPSA) is 69.7 Å². The van der Waals surface area contributed by atoms with Gasteiger partial charge in [0.25, 0.3) is 0 Å². The van der Waals surface area contributed by atoms with E-state index in [0.29, 0.717) is 9.21 Å². The first-order valence-electron chi connectivity index (χ1n) is 9.65. The van der Waals surface area contributed by atoms with Crippen LogP contribution in [0.15, 0.2) is 35.7 Å². The summed E-state index contributed by atoms with van der Waals surface area (Å²) in [5.41, 5.74) is 0.543. The number of nitrogens with one attached hydrogen (secondary N) is 1. The van der Waals surface area contributed by atoms with E-state index in [1.807, 2.05) is 32.8 Å². The van der Waals surface area contributed by atoms with E-state index in [1.165, 1.54) is 28.4 Å². The van der Waals surface area contributed by atoms with Gasteiger partial charge in [-0.1, -0.05) is 17.7 Å². The number of hydrogen-bond donors (Lipinski definition) is 1. The molecule has 1 fully saturated rings. The molecule has 1 saturated heterocycles. The molecule has 2 aromatic rings. The van der Waals surface area contributed by atoms with Crippen LogP contribution in [0, 0.1) is 5.82 Å². The van der Waals surface area contributed by atoms with Gasteiger partial charge in [-0.25, -0.2) is 12.8 Å². The van der Waals surface area contributed by atoms with E-state index >= 15 is 0 Å². The van der Waals surface area contributed by atoms with Gasteiger partial charge >= 0.3 is 0 Å². The van der Waals surface area contributed by atoms with Crippen LogP contribution in [0.4, 0.5) is 10.1 Å². The Bertz CT molecular complexity index is 1110. The van der Waals surface area contributed by atoms with Crippen LogP contribution < -0.4 is 9.62 Å². The van der Waals surface area contributed by atoms with E-state index in [0.717, 1.165) is 11.0 Å². The van der Waals surface area contributed by atoms with E-state index in [1.54, 1.807) is 24.3 Å². The van der Waals surface area contributed by atoms with Crippen LogP contribution in [0.1, 0.15) is 30.7 Å². The summed E-state index contributed by atoms with van der Waals surface area (Å²) in [7, 11) is -0.0305. The van der Waals surface area contributed by atoms with Crippen molar-refractivity contribution in [1.82, 2.24) is 9.62 Å². The number of nitrogens with zero attached hydrogens (tertiary/aromatic N) is 2. The lowest BCUT2D eigenvalue weighted by atomic mass is 9.92. The molecule has 0 bridgehead atoms. The smallest absolute Gasteiger partial charge is 0.245 e. The lowest BCUT2D eigenvalue weighted by molar-refractivity contribution is -0.118. The van der Waals surface area contributed by atoms with Crippen molar-refractivity contribution in [3.05, 3.63) is 56.3 Å². The number of rotatable bonds is 7. The fraction of sp³-hybridized carbons (Fsp3) is 0.381. The highest BCUT2D eigenvalue weighted by atomic mass is 35.5. The molecule has 31 heavy (non-hydrogen) atoms. The largest absolute Gasteiger partial charge is 0.308 e. The first-order chi connectivity index (χ1) is 14.4. The standard InChI is InChI=1S/C21H25ClFN3O3S2/c1-21(2,25(3)4)14-5-7-18(16(23)13-14)26-11-9-17(20(26)27)24-31(28,29)12-10-15-6-8-19(22)30-15/h5-8,10,12-13,17,24H,9,11H2,1-4H3/b12-10+. The molecule has 2 heterocycles. The lowest BCUT2D eigenvalue weighted by Gasteiger charge is -2.33. The molecule has 3 rings (SSSR count). The summed E-state index contributed by atoms with van der Waals surface area (Å²) in [4.78, 5) is 16.7. The minimum absolute atomic E-state index is 0.147. The van der Waals surface area contributed by atoms with Gasteiger partial charge in [0, 0.05) is 22.4 Å². The van der Waals surface area contributed by atoms with E-state index in [-0.39, 0.29) is 24.2 Å². The van der Waals surface area contributed by atoms with Crippen molar-refractivity contribution >= 4 is 50.6 Å². The molecule has 1 aromatic heterocycles. The number of sulfonamides is 1. The molecule has 168 valence electrons. The third-order valence-corrected chi connectivity index (χ3v) is 7.88. The highest BCUT2D eigenvalue weighted by Crippen LogP contribution is 2.31. The Morgan fingerprint density at radius 2 is 2.00 bits per heavy atom. The van der Waals surface area contributed by atoms with Crippen molar-refractivity contribution in [2.24, 2.45) is 0 Å². The Kier molecular flexibility index (Phi) is 6.93. The van der Waals surface area contributed by atoms with Gasteiger partial charge < -0.3 is 9.80 Å². The minimum Gasteiger partial charge on any atom is -0.308 e. The maximum absolute atomic E-state index is 14.9. The zero-order chi connectivity index (χ0) is 23.0. The Hall–Kier alpha value is -1.78. The van der Waals surface area contributed by atoms with Crippen LogP contribution in [0.2, 0.25) is 4.34 Å². The molecule has 0 aliphatic carbocycles. The fourth-order valence-electron chi connectivity index (χ4n) is 3.21. The average molecular weight is 486 g/mol. The molecule has 1 amide bonds. The molecule has 10 heteroatoms. The van der Waals surface area contributed by atoms with Crippen molar-refractivity contribution in [3.8, 4) is 0 Å². The highest BCUT2D eigenvalue weighted by molar-refractivity contribution is 7.92. The molecule has 1 aliphatic rings. The van der Waals surface area contributed by atoms with Gasteiger partial charge in [-0.15, -0.1) is 11.3 Å². The van der Waals surface area contributed by atoms with Crippen molar-refractivity contribution in [3.63, 3.8) is 0 Å². The number of amides is 1. The minimum atomic E-state index is -3.85. The lowest BCUT2D eigenvalue weighted by Crippen LogP contribution is -2.41. The van der Waals surface area contributed by atoms with Crippen LogP contribution >= 0.6 is 22.9 Å². The van der Waals surface area contributed by atoms with Crippen LogP contribution in [0.25, 0.3) is 6.08 Å². The number of anilines is 1. The van der Waals surface area contributed by atoms with Crippen LogP contribution in [-0.2, 0) is 20.4 Å². The zero-order valence-electron chi connectivity index (χ0n) is 17.7. The van der Waals surface area contributed by atoms with Crippen LogP contribution in [0.3, 0.4) is 0 Å². The van der Waals surface area contributed by atoms with E-state index in [2.05, 4.69) is 4.72 Å². The van der Waals surface area contributed by atoms with Gasteiger partial charge in [0.2, 0.25) is 15.9 Å². The summed E-state index contributed by atoms with van der Waals surface area (Å²) in [6.45, 7) is 4.18. The summed E-state index contributed by atoms with van der Waals surface area (Å²) >= 11 is 7.08. The second-order valence-electron chi connectivity index (χ2n) is 8.06. The third kappa shape index (κ3) is 5.35. The van der Waals surface area contributed by atoms with Crippen molar-refractivity contribution in [1.29, 1.82) is 0 Å². The molecule has 1 atom stereocenters. The van der Waals surface area contributed by atoms with Gasteiger partial charge in [0.1, 0.15) is 11.9 Å². The quantitative estimate of drug-likeness (QED) is 0.642. The molecular weight excluding hydrogens is 461 g/mol. The maximum Gasteiger partial charge on any atom is 0.245 e. The molecule has 0 radical (unpaired) electrons. The number of carbonyl (C=O) groups is 1. The van der Waals surface area contributed by atoms with Crippen molar-refractivity contribution < 1.29 is 17.6 Å². The Labute approximate surface area is 191 Å². The SMILES string of the molecule is CN(C)C(C)(C)c1ccc(N2CCC(NS(=O)(=O)/C=C/c3ccc(Cl)s3)C2=O)c(F)c1. The van der Waals surface area contributed by atoms with E-state index in [4.69, 9.17) is 11.6 Å². The number of hydrogen-bond acceptors (Lipinski definition) is 5. The molecule has 0 saturated carbocycles. The Balaban J connectivity index is 1.73. The molecule has 0 spiro atoms. The number of halogens is 2. The normalized spacial score (nSPS) is 18.0. The second-order valence-corrected chi connectivity index (χ2v) is 11.4.